The molecule has 10 nitrogen and oxygen atoms in total. The van der Waals surface area contributed by atoms with Crippen molar-refractivity contribution in [3.63, 3.8) is 0 Å². The summed E-state index contributed by atoms with van der Waals surface area (Å²) in [4.78, 5) is 11.7. The molecule has 136 valence electrons. The van der Waals surface area contributed by atoms with Gasteiger partial charge in [-0.25, -0.2) is 4.79 Å². The monoisotopic (exact) mass is 356 g/mol. The molecule has 1 aliphatic rings. The van der Waals surface area contributed by atoms with Gasteiger partial charge in [0.25, 0.3) is 0 Å². The van der Waals surface area contributed by atoms with Gasteiger partial charge in [-0.3, -0.25) is 0 Å². The van der Waals surface area contributed by atoms with Crippen molar-refractivity contribution in [2.24, 2.45) is 0 Å². The zero-order valence-electron chi connectivity index (χ0n) is 12.6. The number of hydrogen-bond donors (Lipinski definition) is 6. The lowest BCUT2D eigenvalue weighted by atomic mass is 9.99. The topological polar surface area (TPSA) is 170 Å². The van der Waals surface area contributed by atoms with Crippen molar-refractivity contribution >= 4 is 11.0 Å². The number of benzene rings is 1. The Bertz CT molecular complexity index is 829. The van der Waals surface area contributed by atoms with Gasteiger partial charge in [0.2, 0.25) is 12.0 Å². The van der Waals surface area contributed by atoms with E-state index < -0.39 is 54.4 Å². The first-order valence-electron chi connectivity index (χ1n) is 7.29. The molecule has 1 aromatic carbocycles. The highest BCUT2D eigenvalue weighted by Crippen LogP contribution is 2.35. The molecular weight excluding hydrogens is 340 g/mol. The molecule has 0 radical (unpaired) electrons. The first kappa shape index (κ1) is 17.5. The summed E-state index contributed by atoms with van der Waals surface area (Å²) in [5.41, 5.74) is -1.25. The van der Waals surface area contributed by atoms with Crippen LogP contribution in [0.25, 0.3) is 11.0 Å². The van der Waals surface area contributed by atoms with E-state index in [1.54, 1.807) is 0 Å². The number of phenolic OH excluding ortho intramolecular Hbond substituents is 1. The molecule has 1 aromatic heterocycles. The number of aromatic hydroxyl groups is 2. The zero-order chi connectivity index (χ0) is 18.3. The van der Waals surface area contributed by atoms with Gasteiger partial charge in [0.05, 0.1) is 12.0 Å². The Balaban J connectivity index is 2.02. The largest absolute Gasteiger partial charge is 0.508 e. The highest BCUT2D eigenvalue weighted by atomic mass is 16.7. The zero-order valence-corrected chi connectivity index (χ0v) is 12.6. The molecule has 1 saturated heterocycles. The van der Waals surface area contributed by atoms with Crippen LogP contribution in [0.15, 0.2) is 27.4 Å². The SMILES string of the molecule is O=c1oc2cc(O)ccc2c(O[C@@H]2O[C@H](CO)[C@@H](O)[C@H](O)[C@@H]2O)c1O. The fourth-order valence-corrected chi connectivity index (χ4v) is 2.55. The van der Waals surface area contributed by atoms with Crippen LogP contribution in [-0.2, 0) is 4.74 Å². The summed E-state index contributed by atoms with van der Waals surface area (Å²) in [6, 6.07) is 3.67. The lowest BCUT2D eigenvalue weighted by molar-refractivity contribution is -0.277. The van der Waals surface area contributed by atoms with E-state index in [2.05, 4.69) is 0 Å². The van der Waals surface area contributed by atoms with Crippen LogP contribution in [0.4, 0.5) is 0 Å². The van der Waals surface area contributed by atoms with Gasteiger partial charge in [0.15, 0.2) is 5.75 Å². The Hall–Kier alpha value is -2.37. The predicted octanol–water partition coefficient (Wildman–Crippen LogP) is -1.62. The van der Waals surface area contributed by atoms with E-state index in [9.17, 15) is 35.4 Å². The Morgan fingerprint density at radius 3 is 2.48 bits per heavy atom. The van der Waals surface area contributed by atoms with Crippen LogP contribution in [0.2, 0.25) is 0 Å². The molecule has 2 aromatic rings. The second-order valence-electron chi connectivity index (χ2n) is 5.56. The van der Waals surface area contributed by atoms with Gasteiger partial charge in [0.1, 0.15) is 35.7 Å². The van der Waals surface area contributed by atoms with E-state index in [1.165, 1.54) is 12.1 Å². The summed E-state index contributed by atoms with van der Waals surface area (Å²) in [6.45, 7) is -0.664. The highest BCUT2D eigenvalue weighted by Gasteiger charge is 2.45. The lowest BCUT2D eigenvalue weighted by Crippen LogP contribution is -2.60. The van der Waals surface area contributed by atoms with Gasteiger partial charge in [-0.1, -0.05) is 0 Å². The summed E-state index contributed by atoms with van der Waals surface area (Å²) >= 11 is 0. The van der Waals surface area contributed by atoms with Gasteiger partial charge in [0, 0.05) is 6.07 Å². The molecule has 6 N–H and O–H groups in total. The fourth-order valence-electron chi connectivity index (χ4n) is 2.55. The first-order chi connectivity index (χ1) is 11.8. The Morgan fingerprint density at radius 1 is 1.08 bits per heavy atom. The second kappa shape index (κ2) is 6.50. The van der Waals surface area contributed by atoms with Gasteiger partial charge in [-0.05, 0) is 12.1 Å². The maximum atomic E-state index is 11.7. The third kappa shape index (κ3) is 3.01. The third-order valence-corrected chi connectivity index (χ3v) is 3.90. The predicted molar refractivity (Wildman–Crippen MR) is 80.2 cm³/mol. The van der Waals surface area contributed by atoms with E-state index in [0.29, 0.717) is 0 Å². The van der Waals surface area contributed by atoms with E-state index in [1.807, 2.05) is 0 Å². The van der Waals surface area contributed by atoms with Gasteiger partial charge < -0.3 is 44.5 Å². The normalized spacial score (nSPS) is 29.7. The molecule has 0 aliphatic carbocycles. The Morgan fingerprint density at radius 2 is 1.80 bits per heavy atom. The van der Waals surface area contributed by atoms with Crippen LogP contribution in [0.1, 0.15) is 0 Å². The minimum Gasteiger partial charge on any atom is -0.508 e. The molecule has 3 rings (SSSR count). The number of rotatable bonds is 3. The van der Waals surface area contributed by atoms with Crippen LogP contribution < -0.4 is 10.4 Å². The van der Waals surface area contributed by atoms with Crippen LogP contribution in [0, 0.1) is 0 Å². The summed E-state index contributed by atoms with van der Waals surface area (Å²) in [6.07, 6.45) is -7.81. The van der Waals surface area contributed by atoms with E-state index in [-0.39, 0.29) is 16.7 Å². The molecule has 2 heterocycles. The van der Waals surface area contributed by atoms with Crippen molar-refractivity contribution in [2.75, 3.05) is 6.61 Å². The van der Waals surface area contributed by atoms with Crippen molar-refractivity contribution in [3.8, 4) is 17.2 Å². The molecule has 0 saturated carbocycles. The molecule has 0 amide bonds. The number of fused-ring (bicyclic) bond motifs is 1. The molecule has 0 spiro atoms. The number of hydrogen-bond acceptors (Lipinski definition) is 10. The van der Waals surface area contributed by atoms with Crippen LogP contribution in [0.5, 0.6) is 17.2 Å². The minimum absolute atomic E-state index is 0.0897. The van der Waals surface area contributed by atoms with Crippen molar-refractivity contribution < 1.29 is 44.5 Å². The Kier molecular flexibility index (Phi) is 4.54. The van der Waals surface area contributed by atoms with E-state index in [0.717, 1.165) is 6.07 Å². The molecular formula is C15H16O10. The number of aliphatic hydroxyl groups is 4. The summed E-state index contributed by atoms with van der Waals surface area (Å²) in [7, 11) is 0. The smallest absolute Gasteiger partial charge is 0.382 e. The lowest BCUT2D eigenvalue weighted by Gasteiger charge is -2.39. The van der Waals surface area contributed by atoms with Gasteiger partial charge in [-0.2, -0.15) is 0 Å². The highest BCUT2D eigenvalue weighted by molar-refractivity contribution is 5.86. The van der Waals surface area contributed by atoms with Crippen molar-refractivity contribution in [3.05, 3.63) is 28.6 Å². The van der Waals surface area contributed by atoms with Crippen LogP contribution in [0.3, 0.4) is 0 Å². The average Bonchev–Trinajstić information content (AvgIpc) is 2.58. The average molecular weight is 356 g/mol. The molecule has 1 aliphatic heterocycles. The van der Waals surface area contributed by atoms with Crippen LogP contribution in [-0.4, -0.2) is 68.0 Å². The van der Waals surface area contributed by atoms with Gasteiger partial charge in [-0.15, -0.1) is 0 Å². The van der Waals surface area contributed by atoms with Crippen molar-refractivity contribution in [1.29, 1.82) is 0 Å². The second-order valence-corrected chi connectivity index (χ2v) is 5.56. The van der Waals surface area contributed by atoms with Gasteiger partial charge >= 0.3 is 5.63 Å². The van der Waals surface area contributed by atoms with Crippen LogP contribution >= 0.6 is 0 Å². The maximum Gasteiger partial charge on any atom is 0.382 e. The summed E-state index contributed by atoms with van der Waals surface area (Å²) < 4.78 is 15.3. The maximum absolute atomic E-state index is 11.7. The third-order valence-electron chi connectivity index (χ3n) is 3.90. The molecule has 0 bridgehead atoms. The van der Waals surface area contributed by atoms with Crippen molar-refractivity contribution in [1.82, 2.24) is 0 Å². The molecule has 25 heavy (non-hydrogen) atoms. The number of ether oxygens (including phenoxy) is 2. The number of aliphatic hydroxyl groups excluding tert-OH is 4. The number of phenols is 1. The molecule has 5 atom stereocenters. The molecule has 1 fully saturated rings. The Labute approximate surface area is 139 Å². The fraction of sp³-hybridized carbons (Fsp3) is 0.400. The minimum atomic E-state index is -1.73. The summed E-state index contributed by atoms with van der Waals surface area (Å²) in [5, 5.41) is 58.2. The summed E-state index contributed by atoms with van der Waals surface area (Å²) in [5.74, 6) is -1.51. The van der Waals surface area contributed by atoms with E-state index in [4.69, 9.17) is 13.9 Å². The van der Waals surface area contributed by atoms with Crippen molar-refractivity contribution in [2.45, 2.75) is 30.7 Å². The standard InChI is InChI=1S/C15H16O10/c16-4-8-9(18)10(19)11(20)15(24-8)25-13-6-2-1-5(17)3-7(6)23-14(22)12(13)21/h1-3,8-11,15-21H,4H2/t8-,9-,10+,11+,15+/m1/s1. The quantitative estimate of drug-likeness (QED) is 0.351. The first-order valence-corrected chi connectivity index (χ1v) is 7.29. The van der Waals surface area contributed by atoms with E-state index >= 15 is 0 Å². The molecule has 0 unspecified atom stereocenters. The molecule has 10 heteroatoms.